The maximum absolute atomic E-state index is 12.7. The van der Waals surface area contributed by atoms with Crippen LogP contribution in [0.2, 0.25) is 0 Å². The molecule has 0 bridgehead atoms. The van der Waals surface area contributed by atoms with Gasteiger partial charge in [-0.15, -0.1) is 10.2 Å². The number of anilines is 1. The lowest BCUT2D eigenvalue weighted by Gasteiger charge is -2.35. The van der Waals surface area contributed by atoms with Crippen molar-refractivity contribution in [2.75, 3.05) is 58.7 Å². The van der Waals surface area contributed by atoms with E-state index in [0.717, 1.165) is 22.8 Å². The van der Waals surface area contributed by atoms with E-state index in [-0.39, 0.29) is 19.3 Å². The highest BCUT2D eigenvalue weighted by molar-refractivity contribution is 5.78. The Bertz CT molecular complexity index is 1170. The predicted octanol–water partition coefficient (Wildman–Crippen LogP) is 2.62. The summed E-state index contributed by atoms with van der Waals surface area (Å²) in [6.07, 6.45) is 0. The van der Waals surface area contributed by atoms with Crippen LogP contribution in [0.4, 0.5) is 5.82 Å². The van der Waals surface area contributed by atoms with E-state index in [1.54, 1.807) is 37.3 Å². The molecule has 3 heterocycles. The molecule has 2 aliphatic heterocycles. The maximum atomic E-state index is 12.7. The summed E-state index contributed by atoms with van der Waals surface area (Å²) >= 11 is 0. The average Bonchev–Trinajstić information content (AvgIpc) is 3.40. The van der Waals surface area contributed by atoms with Gasteiger partial charge in [0.05, 0.1) is 19.9 Å². The molecule has 0 spiro atoms. The fraction of sp³-hybridized carbons (Fsp3) is 0.320. The molecule has 1 aromatic heterocycles. The number of amides is 1. The summed E-state index contributed by atoms with van der Waals surface area (Å²) in [6.45, 7) is 2.66. The average molecular weight is 479 g/mol. The molecule has 0 unspecified atom stereocenters. The number of aromatic nitrogens is 2. The normalized spacial score (nSPS) is 14.6. The fourth-order valence-electron chi connectivity index (χ4n) is 3.99. The number of benzene rings is 2. The van der Waals surface area contributed by atoms with E-state index < -0.39 is 0 Å². The molecule has 10 heteroatoms. The molecule has 1 fully saturated rings. The van der Waals surface area contributed by atoms with Crippen LogP contribution in [-0.2, 0) is 4.79 Å². The van der Waals surface area contributed by atoms with Gasteiger partial charge in [-0.05, 0) is 30.3 Å². The predicted molar refractivity (Wildman–Crippen MR) is 127 cm³/mol. The van der Waals surface area contributed by atoms with Gasteiger partial charge in [0.2, 0.25) is 6.79 Å². The summed E-state index contributed by atoms with van der Waals surface area (Å²) in [5.41, 5.74) is 1.67. The van der Waals surface area contributed by atoms with Crippen LogP contribution in [0.1, 0.15) is 0 Å². The minimum atomic E-state index is -0.0734. The number of ether oxygens (including phenoxy) is 5. The summed E-state index contributed by atoms with van der Waals surface area (Å²) in [5.74, 6) is 3.88. The molecule has 182 valence electrons. The second-order valence-electron chi connectivity index (χ2n) is 8.05. The van der Waals surface area contributed by atoms with Gasteiger partial charge in [0.1, 0.15) is 17.2 Å². The van der Waals surface area contributed by atoms with E-state index in [1.807, 2.05) is 30.3 Å². The Morgan fingerprint density at radius 2 is 1.57 bits per heavy atom. The largest absolute Gasteiger partial charge is 0.496 e. The number of methoxy groups -OCH3 is 2. The van der Waals surface area contributed by atoms with E-state index in [1.165, 1.54) is 0 Å². The Morgan fingerprint density at radius 1 is 0.857 bits per heavy atom. The van der Waals surface area contributed by atoms with Gasteiger partial charge in [0, 0.05) is 49.9 Å². The van der Waals surface area contributed by atoms with Crippen molar-refractivity contribution in [2.45, 2.75) is 0 Å². The summed E-state index contributed by atoms with van der Waals surface area (Å²) in [4.78, 5) is 16.6. The molecule has 1 saturated heterocycles. The minimum Gasteiger partial charge on any atom is -0.496 e. The highest BCUT2D eigenvalue weighted by atomic mass is 16.7. The standard InChI is InChI=1S/C25H26N4O6/c1-31-18-12-19(32-2)14-20(13-18)33-15-25(30)29-9-7-28(8-10-29)24-6-4-21(26-27-24)17-3-5-22-23(11-17)35-16-34-22/h3-6,11-14H,7-10,15-16H2,1-2H3. The third-order valence-corrected chi connectivity index (χ3v) is 5.96. The molecule has 2 aromatic carbocycles. The summed E-state index contributed by atoms with van der Waals surface area (Å²) in [6, 6.07) is 14.8. The van der Waals surface area contributed by atoms with E-state index >= 15 is 0 Å². The second kappa shape index (κ2) is 9.96. The molecule has 1 amide bonds. The molecule has 5 rings (SSSR count). The first kappa shape index (κ1) is 22.6. The van der Waals surface area contributed by atoms with Crippen molar-refractivity contribution < 1.29 is 28.5 Å². The minimum absolute atomic E-state index is 0.0552. The molecular weight excluding hydrogens is 452 g/mol. The van der Waals surface area contributed by atoms with Crippen LogP contribution >= 0.6 is 0 Å². The first-order valence-corrected chi connectivity index (χ1v) is 11.3. The van der Waals surface area contributed by atoms with Gasteiger partial charge in [0.25, 0.3) is 5.91 Å². The zero-order chi connectivity index (χ0) is 24.2. The Hall–Kier alpha value is -4.21. The maximum Gasteiger partial charge on any atom is 0.260 e. The Morgan fingerprint density at radius 3 is 2.26 bits per heavy atom. The van der Waals surface area contributed by atoms with Crippen molar-refractivity contribution in [3.05, 3.63) is 48.5 Å². The monoisotopic (exact) mass is 478 g/mol. The highest BCUT2D eigenvalue weighted by Gasteiger charge is 2.23. The van der Waals surface area contributed by atoms with Crippen molar-refractivity contribution in [3.8, 4) is 40.0 Å². The molecule has 35 heavy (non-hydrogen) atoms. The number of carbonyl (C=O) groups is 1. The molecular formula is C25H26N4O6. The van der Waals surface area contributed by atoms with E-state index in [2.05, 4.69) is 15.1 Å². The van der Waals surface area contributed by atoms with Gasteiger partial charge in [-0.25, -0.2) is 0 Å². The van der Waals surface area contributed by atoms with Gasteiger partial charge in [-0.3, -0.25) is 4.79 Å². The molecule has 3 aromatic rings. The third-order valence-electron chi connectivity index (χ3n) is 5.96. The molecule has 0 saturated carbocycles. The third kappa shape index (κ3) is 5.01. The number of hydrogen-bond donors (Lipinski definition) is 0. The van der Waals surface area contributed by atoms with Gasteiger partial charge >= 0.3 is 0 Å². The van der Waals surface area contributed by atoms with Crippen molar-refractivity contribution in [1.29, 1.82) is 0 Å². The van der Waals surface area contributed by atoms with Crippen LogP contribution in [0.3, 0.4) is 0 Å². The SMILES string of the molecule is COc1cc(OC)cc(OCC(=O)N2CCN(c3ccc(-c4ccc5c(c4)OCO5)nn3)CC2)c1. The van der Waals surface area contributed by atoms with Crippen molar-refractivity contribution in [1.82, 2.24) is 15.1 Å². The van der Waals surface area contributed by atoms with Crippen molar-refractivity contribution in [3.63, 3.8) is 0 Å². The van der Waals surface area contributed by atoms with E-state index in [4.69, 9.17) is 23.7 Å². The van der Waals surface area contributed by atoms with Crippen LogP contribution in [0.5, 0.6) is 28.7 Å². The topological polar surface area (TPSA) is 95.5 Å². The van der Waals surface area contributed by atoms with E-state index in [0.29, 0.717) is 49.2 Å². The van der Waals surface area contributed by atoms with Gasteiger partial charge in [-0.2, -0.15) is 0 Å². The lowest BCUT2D eigenvalue weighted by atomic mass is 10.1. The molecule has 2 aliphatic rings. The van der Waals surface area contributed by atoms with Gasteiger partial charge in [-0.1, -0.05) is 0 Å². The first-order valence-electron chi connectivity index (χ1n) is 11.3. The zero-order valence-electron chi connectivity index (χ0n) is 19.6. The Balaban J connectivity index is 1.14. The number of fused-ring (bicyclic) bond motifs is 1. The van der Waals surface area contributed by atoms with Crippen LogP contribution in [0.15, 0.2) is 48.5 Å². The molecule has 0 aliphatic carbocycles. The van der Waals surface area contributed by atoms with Crippen LogP contribution in [-0.4, -0.2) is 74.8 Å². The number of piperazine rings is 1. The highest BCUT2D eigenvalue weighted by Crippen LogP contribution is 2.35. The zero-order valence-corrected chi connectivity index (χ0v) is 19.6. The summed E-state index contributed by atoms with van der Waals surface area (Å²) < 4.78 is 27.0. The van der Waals surface area contributed by atoms with Crippen molar-refractivity contribution >= 4 is 11.7 Å². The Labute approximate surface area is 202 Å². The summed E-state index contributed by atoms with van der Waals surface area (Å²) in [5, 5.41) is 8.79. The lowest BCUT2D eigenvalue weighted by Crippen LogP contribution is -2.50. The molecule has 10 nitrogen and oxygen atoms in total. The smallest absolute Gasteiger partial charge is 0.260 e. The summed E-state index contributed by atoms with van der Waals surface area (Å²) in [7, 11) is 3.14. The lowest BCUT2D eigenvalue weighted by molar-refractivity contribution is -0.133. The first-order chi connectivity index (χ1) is 17.1. The molecule has 0 atom stereocenters. The van der Waals surface area contributed by atoms with Crippen LogP contribution in [0.25, 0.3) is 11.3 Å². The van der Waals surface area contributed by atoms with Crippen molar-refractivity contribution in [2.24, 2.45) is 0 Å². The molecule has 0 radical (unpaired) electrons. The fourth-order valence-corrected chi connectivity index (χ4v) is 3.99. The number of nitrogens with zero attached hydrogens (tertiary/aromatic N) is 4. The Kier molecular flexibility index (Phi) is 6.42. The van der Waals surface area contributed by atoms with Gasteiger partial charge in [0.15, 0.2) is 23.9 Å². The number of carbonyl (C=O) groups excluding carboxylic acids is 1. The second-order valence-corrected chi connectivity index (χ2v) is 8.05. The van der Waals surface area contributed by atoms with E-state index in [9.17, 15) is 4.79 Å². The number of rotatable bonds is 7. The van der Waals surface area contributed by atoms with Crippen LogP contribution in [0, 0.1) is 0 Å². The van der Waals surface area contributed by atoms with Gasteiger partial charge < -0.3 is 33.5 Å². The van der Waals surface area contributed by atoms with Crippen LogP contribution < -0.4 is 28.6 Å². The number of hydrogen-bond acceptors (Lipinski definition) is 9. The quantitative estimate of drug-likeness (QED) is 0.508. The molecule has 0 N–H and O–H groups in total.